The van der Waals surface area contributed by atoms with Crippen molar-refractivity contribution in [3.8, 4) is 22.6 Å². The maximum absolute atomic E-state index is 13.8. The lowest BCUT2D eigenvalue weighted by Gasteiger charge is -2.30. The van der Waals surface area contributed by atoms with E-state index in [1.807, 2.05) is 36.4 Å². The fourth-order valence-electron chi connectivity index (χ4n) is 6.75. The molecule has 0 heterocycles. The van der Waals surface area contributed by atoms with Crippen molar-refractivity contribution in [3.63, 3.8) is 0 Å². The van der Waals surface area contributed by atoms with Gasteiger partial charge in [0, 0.05) is 22.3 Å². The van der Waals surface area contributed by atoms with E-state index in [2.05, 4.69) is 53.7 Å². The van der Waals surface area contributed by atoms with Crippen LogP contribution in [0.1, 0.15) is 108 Å². The molecule has 6 rings (SSSR count). The number of rotatable bonds is 5. The van der Waals surface area contributed by atoms with E-state index in [0.29, 0.717) is 22.6 Å². The predicted octanol–water partition coefficient (Wildman–Crippen LogP) is 9.36. The summed E-state index contributed by atoms with van der Waals surface area (Å²) in [5.74, 6) is 0.400. The Hall–Kier alpha value is -4.18. The maximum Gasteiger partial charge on any atom is 0.343 e. The van der Waals surface area contributed by atoms with Crippen molar-refractivity contribution in [1.82, 2.24) is 0 Å². The summed E-state index contributed by atoms with van der Waals surface area (Å²) < 4.78 is 13.0. The Morgan fingerprint density at radius 3 is 1.25 bits per heavy atom. The molecule has 4 nitrogen and oxygen atoms in total. The molecule has 4 heteroatoms. The Bertz CT molecular complexity index is 1600. The number of carbonyl (C=O) groups is 2. The van der Waals surface area contributed by atoms with Gasteiger partial charge in [-0.3, -0.25) is 0 Å². The molecule has 4 aromatic carbocycles. The van der Waals surface area contributed by atoms with E-state index in [-0.39, 0.29) is 22.8 Å². The van der Waals surface area contributed by atoms with Gasteiger partial charge in [0.15, 0.2) is 0 Å². The van der Waals surface area contributed by atoms with Gasteiger partial charge in [-0.25, -0.2) is 9.59 Å². The van der Waals surface area contributed by atoms with Crippen molar-refractivity contribution in [2.24, 2.45) is 0 Å². The quantitative estimate of drug-likeness (QED) is 0.173. The summed E-state index contributed by atoms with van der Waals surface area (Å²) in [6, 6.07) is 22.9. The van der Waals surface area contributed by atoms with Crippen LogP contribution in [-0.4, -0.2) is 11.9 Å². The standard InChI is InChI=1S/C40H42O4/c1-39(2,3)31-23-27-19-13-21-29(27)33(35(31)43-37(41)25-15-9-7-10-16-25)34-30-22-14-20-28(30)24-32(40(4,5)6)36(34)44-38(42)26-17-11-8-12-18-26/h7-12,15-18,23-24H,13-14,19-22H2,1-6H3. The first-order valence-electron chi connectivity index (χ1n) is 15.9. The topological polar surface area (TPSA) is 52.6 Å². The molecule has 0 radical (unpaired) electrons. The van der Waals surface area contributed by atoms with Crippen LogP contribution in [0.5, 0.6) is 11.5 Å². The third-order valence-electron chi connectivity index (χ3n) is 8.98. The second-order valence-electron chi connectivity index (χ2n) is 14.3. The van der Waals surface area contributed by atoms with Crippen molar-refractivity contribution in [2.45, 2.75) is 90.9 Å². The van der Waals surface area contributed by atoms with Gasteiger partial charge >= 0.3 is 11.9 Å². The van der Waals surface area contributed by atoms with Crippen LogP contribution in [0.3, 0.4) is 0 Å². The summed E-state index contributed by atoms with van der Waals surface area (Å²) in [7, 11) is 0. The molecule has 0 aliphatic heterocycles. The Morgan fingerprint density at radius 1 is 0.545 bits per heavy atom. The normalized spacial score (nSPS) is 14.2. The number of esters is 2. The number of benzene rings is 4. The van der Waals surface area contributed by atoms with Gasteiger partial charge in [0.1, 0.15) is 11.5 Å². The highest BCUT2D eigenvalue weighted by Gasteiger charge is 2.36. The fraction of sp³-hybridized carbons (Fsp3) is 0.350. The summed E-state index contributed by atoms with van der Waals surface area (Å²) in [5, 5.41) is 0. The van der Waals surface area contributed by atoms with Gasteiger partial charge in [0.2, 0.25) is 0 Å². The van der Waals surface area contributed by atoms with Gasteiger partial charge < -0.3 is 9.47 Å². The summed E-state index contributed by atoms with van der Waals surface area (Å²) in [4.78, 5) is 27.6. The molecule has 0 saturated carbocycles. The zero-order valence-corrected chi connectivity index (χ0v) is 26.8. The van der Waals surface area contributed by atoms with Crippen molar-refractivity contribution >= 4 is 11.9 Å². The average Bonchev–Trinajstić information content (AvgIpc) is 3.66. The third kappa shape index (κ3) is 5.58. The lowest BCUT2D eigenvalue weighted by molar-refractivity contribution is 0.0719. The van der Waals surface area contributed by atoms with E-state index in [9.17, 15) is 9.59 Å². The smallest absolute Gasteiger partial charge is 0.343 e. The summed E-state index contributed by atoms with van der Waals surface area (Å²) in [6.45, 7) is 13.0. The molecule has 2 aliphatic rings. The van der Waals surface area contributed by atoms with Crippen molar-refractivity contribution in [2.75, 3.05) is 0 Å². The number of hydrogen-bond acceptors (Lipinski definition) is 4. The van der Waals surface area contributed by atoms with Crippen LogP contribution in [0.2, 0.25) is 0 Å². The van der Waals surface area contributed by atoms with E-state index in [1.54, 1.807) is 24.3 Å². The Morgan fingerprint density at radius 2 is 0.909 bits per heavy atom. The van der Waals surface area contributed by atoms with Crippen molar-refractivity contribution in [3.05, 3.63) is 117 Å². The molecular formula is C40H42O4. The Labute approximate surface area is 261 Å². The van der Waals surface area contributed by atoms with Gasteiger partial charge in [0.05, 0.1) is 11.1 Å². The summed E-state index contributed by atoms with van der Waals surface area (Å²) in [6.07, 6.45) is 5.76. The van der Waals surface area contributed by atoms with Crippen molar-refractivity contribution < 1.29 is 19.1 Å². The van der Waals surface area contributed by atoms with Crippen LogP contribution in [0.25, 0.3) is 11.1 Å². The number of fused-ring (bicyclic) bond motifs is 2. The molecule has 44 heavy (non-hydrogen) atoms. The molecule has 0 aromatic heterocycles. The zero-order chi connectivity index (χ0) is 31.2. The van der Waals surface area contributed by atoms with E-state index in [4.69, 9.17) is 9.47 Å². The lowest BCUT2D eigenvalue weighted by atomic mass is 9.77. The van der Waals surface area contributed by atoms with Crippen LogP contribution in [0, 0.1) is 0 Å². The number of ether oxygens (including phenoxy) is 2. The van der Waals surface area contributed by atoms with Gasteiger partial charge in [-0.05, 0) is 95.9 Å². The van der Waals surface area contributed by atoms with E-state index in [0.717, 1.165) is 60.8 Å². The Kier molecular flexibility index (Phi) is 7.73. The second kappa shape index (κ2) is 11.4. The Balaban J connectivity index is 1.68. The molecule has 0 unspecified atom stereocenters. The lowest BCUT2D eigenvalue weighted by Crippen LogP contribution is -2.21. The van der Waals surface area contributed by atoms with Crippen LogP contribution in [-0.2, 0) is 36.5 Å². The van der Waals surface area contributed by atoms with Crippen molar-refractivity contribution in [1.29, 1.82) is 0 Å². The predicted molar refractivity (Wildman–Crippen MR) is 176 cm³/mol. The largest absolute Gasteiger partial charge is 0.422 e. The van der Waals surface area contributed by atoms with Crippen LogP contribution >= 0.6 is 0 Å². The summed E-state index contributed by atoms with van der Waals surface area (Å²) in [5.41, 5.74) is 9.22. The van der Waals surface area contributed by atoms with Gasteiger partial charge in [-0.1, -0.05) is 90.1 Å². The van der Waals surface area contributed by atoms with Crippen LogP contribution in [0.4, 0.5) is 0 Å². The van der Waals surface area contributed by atoms with E-state index < -0.39 is 0 Å². The molecule has 0 spiro atoms. The summed E-state index contributed by atoms with van der Waals surface area (Å²) >= 11 is 0. The van der Waals surface area contributed by atoms with Gasteiger partial charge in [0.25, 0.3) is 0 Å². The first kappa shape index (κ1) is 29.9. The minimum Gasteiger partial charge on any atom is -0.422 e. The molecule has 4 aromatic rings. The molecule has 0 N–H and O–H groups in total. The third-order valence-corrected chi connectivity index (χ3v) is 8.98. The van der Waals surface area contributed by atoms with Gasteiger partial charge in [-0.2, -0.15) is 0 Å². The highest BCUT2D eigenvalue weighted by atomic mass is 16.5. The highest BCUT2D eigenvalue weighted by Crippen LogP contribution is 2.53. The minimum atomic E-state index is -0.387. The first-order chi connectivity index (χ1) is 20.9. The van der Waals surface area contributed by atoms with E-state index >= 15 is 0 Å². The minimum absolute atomic E-state index is 0.301. The second-order valence-corrected chi connectivity index (χ2v) is 14.3. The monoisotopic (exact) mass is 586 g/mol. The molecule has 0 saturated heterocycles. The van der Waals surface area contributed by atoms with E-state index in [1.165, 1.54) is 22.3 Å². The number of hydrogen-bond donors (Lipinski definition) is 0. The van der Waals surface area contributed by atoms with Crippen LogP contribution < -0.4 is 9.47 Å². The maximum atomic E-state index is 13.8. The number of aryl methyl sites for hydroxylation is 2. The molecule has 0 bridgehead atoms. The van der Waals surface area contributed by atoms with Gasteiger partial charge in [-0.15, -0.1) is 0 Å². The average molecular weight is 587 g/mol. The molecule has 226 valence electrons. The first-order valence-corrected chi connectivity index (χ1v) is 15.9. The SMILES string of the molecule is CC(C)(C)c1cc2c(c(-c3c4c(cc(C(C)(C)C)c3OC(=O)c3ccccc3)CCC4)c1OC(=O)c1ccccc1)CCC2. The molecule has 0 amide bonds. The fourth-order valence-corrected chi connectivity index (χ4v) is 6.75. The molecular weight excluding hydrogens is 544 g/mol. The zero-order valence-electron chi connectivity index (χ0n) is 26.8. The van der Waals surface area contributed by atoms with Crippen LogP contribution in [0.15, 0.2) is 72.8 Å². The molecule has 2 aliphatic carbocycles. The molecule has 0 atom stereocenters. The number of carbonyl (C=O) groups excluding carboxylic acids is 2. The molecule has 0 fully saturated rings. The highest BCUT2D eigenvalue weighted by molar-refractivity contribution is 5.97.